The zero-order chi connectivity index (χ0) is 8.53. The zero-order valence-electron chi connectivity index (χ0n) is 6.27. The van der Waals surface area contributed by atoms with Crippen LogP contribution in [0.2, 0.25) is 0 Å². The van der Waals surface area contributed by atoms with Gasteiger partial charge in [-0.25, -0.2) is 0 Å². The van der Waals surface area contributed by atoms with Crippen molar-refractivity contribution in [1.82, 2.24) is 0 Å². The molecule has 0 aromatic carbocycles. The van der Waals surface area contributed by atoms with Crippen LogP contribution in [-0.2, 0) is 0 Å². The Morgan fingerprint density at radius 3 is 2.73 bits per heavy atom. The number of allylic oxidation sites excluding steroid dienone is 3. The average Bonchev–Trinajstić information content (AvgIpc) is 1.99. The quantitative estimate of drug-likeness (QED) is 0.454. The SMILES string of the molecule is C#C/C=C\C=C\[C@@H](O)CCO. The Bertz CT molecular complexity index is 174. The fourth-order valence-corrected chi connectivity index (χ4v) is 0.532. The minimum atomic E-state index is -0.581. The van der Waals surface area contributed by atoms with Gasteiger partial charge in [-0.2, -0.15) is 0 Å². The number of rotatable bonds is 4. The molecule has 0 aliphatic rings. The van der Waals surface area contributed by atoms with Gasteiger partial charge in [-0.1, -0.05) is 24.1 Å². The minimum absolute atomic E-state index is 0.00956. The molecule has 0 bridgehead atoms. The van der Waals surface area contributed by atoms with E-state index >= 15 is 0 Å². The van der Waals surface area contributed by atoms with E-state index < -0.39 is 6.10 Å². The number of aliphatic hydroxyl groups is 2. The molecule has 0 saturated carbocycles. The Labute approximate surface area is 66.9 Å². The first-order chi connectivity index (χ1) is 5.31. The van der Waals surface area contributed by atoms with Crippen LogP contribution in [0.5, 0.6) is 0 Å². The zero-order valence-corrected chi connectivity index (χ0v) is 6.27. The fourth-order valence-electron chi connectivity index (χ4n) is 0.532. The third-order valence-corrected chi connectivity index (χ3v) is 1.06. The molecule has 0 heterocycles. The van der Waals surface area contributed by atoms with E-state index in [9.17, 15) is 0 Å². The molecule has 0 aliphatic heterocycles. The van der Waals surface area contributed by atoms with Crippen LogP contribution in [0.15, 0.2) is 24.3 Å². The number of aliphatic hydroxyl groups excluding tert-OH is 2. The Morgan fingerprint density at radius 1 is 1.45 bits per heavy atom. The summed E-state index contributed by atoms with van der Waals surface area (Å²) < 4.78 is 0. The molecule has 1 atom stereocenters. The highest BCUT2D eigenvalue weighted by Crippen LogP contribution is 1.91. The molecule has 0 fully saturated rings. The first-order valence-electron chi connectivity index (χ1n) is 3.39. The molecular weight excluding hydrogens is 140 g/mol. The van der Waals surface area contributed by atoms with Crippen LogP contribution in [0.25, 0.3) is 0 Å². The van der Waals surface area contributed by atoms with E-state index in [1.807, 2.05) is 0 Å². The first kappa shape index (κ1) is 9.96. The maximum absolute atomic E-state index is 9.02. The smallest absolute Gasteiger partial charge is 0.0745 e. The second-order valence-electron chi connectivity index (χ2n) is 1.99. The van der Waals surface area contributed by atoms with Crippen molar-refractivity contribution in [2.75, 3.05) is 6.61 Å². The summed E-state index contributed by atoms with van der Waals surface area (Å²) in [4.78, 5) is 0. The normalized spacial score (nSPS) is 13.9. The largest absolute Gasteiger partial charge is 0.396 e. The van der Waals surface area contributed by atoms with E-state index in [0.29, 0.717) is 6.42 Å². The lowest BCUT2D eigenvalue weighted by atomic mass is 10.2. The Morgan fingerprint density at radius 2 is 2.18 bits per heavy atom. The van der Waals surface area contributed by atoms with Crippen molar-refractivity contribution in [2.45, 2.75) is 12.5 Å². The summed E-state index contributed by atoms with van der Waals surface area (Å²) in [5.41, 5.74) is 0. The summed E-state index contributed by atoms with van der Waals surface area (Å²) in [6.07, 6.45) is 11.1. The molecule has 0 saturated heterocycles. The topological polar surface area (TPSA) is 40.5 Å². The number of hydrogen-bond acceptors (Lipinski definition) is 2. The van der Waals surface area contributed by atoms with Crippen LogP contribution >= 0.6 is 0 Å². The molecule has 0 amide bonds. The number of terminal acetylenes is 1. The van der Waals surface area contributed by atoms with Gasteiger partial charge in [0.1, 0.15) is 0 Å². The van der Waals surface area contributed by atoms with E-state index in [0.717, 1.165) is 0 Å². The molecule has 0 rings (SSSR count). The van der Waals surface area contributed by atoms with Gasteiger partial charge < -0.3 is 10.2 Å². The highest BCUT2D eigenvalue weighted by atomic mass is 16.3. The van der Waals surface area contributed by atoms with E-state index in [1.165, 1.54) is 6.08 Å². The average molecular weight is 152 g/mol. The third-order valence-electron chi connectivity index (χ3n) is 1.06. The molecule has 2 heteroatoms. The second-order valence-corrected chi connectivity index (χ2v) is 1.99. The van der Waals surface area contributed by atoms with Gasteiger partial charge in [0.05, 0.1) is 6.10 Å². The van der Waals surface area contributed by atoms with Crippen LogP contribution in [0.1, 0.15) is 6.42 Å². The molecule has 2 N–H and O–H groups in total. The molecule has 60 valence electrons. The summed E-state index contributed by atoms with van der Waals surface area (Å²) in [6.45, 7) is -0.00956. The predicted molar refractivity (Wildman–Crippen MR) is 44.8 cm³/mol. The van der Waals surface area contributed by atoms with Crippen molar-refractivity contribution in [3.63, 3.8) is 0 Å². The lowest BCUT2D eigenvalue weighted by Gasteiger charge is -1.98. The molecule has 11 heavy (non-hydrogen) atoms. The lowest BCUT2D eigenvalue weighted by Crippen LogP contribution is -2.03. The van der Waals surface area contributed by atoms with Gasteiger partial charge in [0.15, 0.2) is 0 Å². The van der Waals surface area contributed by atoms with E-state index in [-0.39, 0.29) is 6.61 Å². The predicted octanol–water partition coefficient (Wildman–Crippen LogP) is 0.475. The van der Waals surface area contributed by atoms with Crippen LogP contribution in [0.4, 0.5) is 0 Å². The van der Waals surface area contributed by atoms with Gasteiger partial charge in [0.2, 0.25) is 0 Å². The highest BCUT2D eigenvalue weighted by Gasteiger charge is 1.93. The molecule has 0 aromatic heterocycles. The molecule has 0 aliphatic carbocycles. The minimum Gasteiger partial charge on any atom is -0.396 e. The van der Waals surface area contributed by atoms with Gasteiger partial charge >= 0.3 is 0 Å². The van der Waals surface area contributed by atoms with Gasteiger partial charge in [0, 0.05) is 6.61 Å². The van der Waals surface area contributed by atoms with Crippen molar-refractivity contribution in [2.24, 2.45) is 0 Å². The summed E-state index contributed by atoms with van der Waals surface area (Å²) in [7, 11) is 0. The Hall–Kier alpha value is -1.04. The Balaban J connectivity index is 3.57. The summed E-state index contributed by atoms with van der Waals surface area (Å²) >= 11 is 0. The van der Waals surface area contributed by atoms with Crippen molar-refractivity contribution < 1.29 is 10.2 Å². The van der Waals surface area contributed by atoms with Crippen LogP contribution in [0, 0.1) is 12.3 Å². The van der Waals surface area contributed by atoms with Crippen molar-refractivity contribution in [1.29, 1.82) is 0 Å². The van der Waals surface area contributed by atoms with Gasteiger partial charge in [-0.3, -0.25) is 0 Å². The van der Waals surface area contributed by atoms with Crippen LogP contribution < -0.4 is 0 Å². The fraction of sp³-hybridized carbons (Fsp3) is 0.333. The summed E-state index contributed by atoms with van der Waals surface area (Å²) in [5.74, 6) is 2.31. The van der Waals surface area contributed by atoms with Crippen LogP contribution in [-0.4, -0.2) is 22.9 Å². The van der Waals surface area contributed by atoms with Crippen molar-refractivity contribution >= 4 is 0 Å². The standard InChI is InChI=1S/C9H12O2/c1-2-3-4-5-6-9(11)7-8-10/h1,3-6,9-11H,7-8H2/b4-3-,6-5+/t9-/m1/s1. The third kappa shape index (κ3) is 6.85. The molecule has 0 aromatic rings. The molecule has 0 radical (unpaired) electrons. The molecule has 0 spiro atoms. The maximum atomic E-state index is 9.02. The van der Waals surface area contributed by atoms with Crippen molar-refractivity contribution in [3.05, 3.63) is 24.3 Å². The molecule has 2 nitrogen and oxygen atoms in total. The van der Waals surface area contributed by atoms with E-state index in [1.54, 1.807) is 18.2 Å². The lowest BCUT2D eigenvalue weighted by molar-refractivity contribution is 0.170. The van der Waals surface area contributed by atoms with Gasteiger partial charge in [0.25, 0.3) is 0 Å². The Kier molecular flexibility index (Phi) is 6.40. The first-order valence-corrected chi connectivity index (χ1v) is 3.39. The summed E-state index contributed by atoms with van der Waals surface area (Å²) in [5, 5.41) is 17.4. The molecular formula is C9H12O2. The maximum Gasteiger partial charge on any atom is 0.0745 e. The van der Waals surface area contributed by atoms with E-state index in [4.69, 9.17) is 16.6 Å². The van der Waals surface area contributed by atoms with Gasteiger partial charge in [-0.15, -0.1) is 6.42 Å². The van der Waals surface area contributed by atoms with E-state index in [2.05, 4.69) is 5.92 Å². The van der Waals surface area contributed by atoms with Gasteiger partial charge in [-0.05, 0) is 12.5 Å². The monoisotopic (exact) mass is 152 g/mol. The van der Waals surface area contributed by atoms with Crippen LogP contribution in [0.3, 0.4) is 0 Å². The molecule has 0 unspecified atom stereocenters. The second kappa shape index (κ2) is 7.07. The van der Waals surface area contributed by atoms with Crippen molar-refractivity contribution in [3.8, 4) is 12.3 Å². The number of hydrogen-bond donors (Lipinski definition) is 2. The highest BCUT2D eigenvalue weighted by molar-refractivity contribution is 5.16. The summed E-state index contributed by atoms with van der Waals surface area (Å²) in [6, 6.07) is 0.